The SMILES string of the molecule is CC[C@H](C)[C@H](NC(=O)[C@H](CCSC)NN[C@@H](C[Se])C(=O)C(=O)[C@H](CCSC)NC(=O)[C@H](C)NN[C@@H](CC(N)=O)C(=O)O)C(=O)N[C@@H](CC(C)C)C(=O)N[C@@H](CCC(=O)O)C(=O)N[C@@H](CCSC)C(=O)N[C@@H](CCC(=O)O)C(=O)N[C@@H](CCCN=C(N)N)C(=O)N[C@H](C=O)[C@@H](C)O. The number of guanidine groups is 1. The first-order chi connectivity index (χ1) is 45.1. The second kappa shape index (κ2) is 48.9. The molecular weight excluding hydrogens is 1390 g/mol. The summed E-state index contributed by atoms with van der Waals surface area (Å²) in [5.41, 5.74) is 26.3. The molecular formula is C57H99N16O19S3Se. The average molecular weight is 1490 g/mol. The number of carbonyl (C=O) groups excluding carboxylic acids is 12. The molecule has 0 heterocycles. The van der Waals surface area contributed by atoms with Gasteiger partial charge in [-0.1, -0.05) is 13.8 Å². The molecule has 545 valence electrons. The normalized spacial score (nSPS) is 15.6. The minimum Gasteiger partial charge on any atom is -0.481 e. The summed E-state index contributed by atoms with van der Waals surface area (Å²) in [6.07, 6.45) is 1.17. The first-order valence-electron chi connectivity index (χ1n) is 30.8. The molecule has 0 aliphatic carbocycles. The molecule has 14 atom stereocenters. The van der Waals surface area contributed by atoms with Gasteiger partial charge >= 0.3 is 285 Å². The number of carboxylic acids is 3. The van der Waals surface area contributed by atoms with Gasteiger partial charge in [-0.3, -0.25) is 48.1 Å². The van der Waals surface area contributed by atoms with Crippen molar-refractivity contribution in [3.05, 3.63) is 0 Å². The number of hydrazine groups is 2. The average Bonchev–Trinajstić information content (AvgIpc) is 0.878. The van der Waals surface area contributed by atoms with Crippen molar-refractivity contribution in [2.24, 2.45) is 34.0 Å². The fourth-order valence-corrected chi connectivity index (χ4v) is 10.5. The minimum atomic E-state index is -1.69. The van der Waals surface area contributed by atoms with Gasteiger partial charge in [0.15, 0.2) is 5.96 Å². The Labute approximate surface area is 579 Å². The van der Waals surface area contributed by atoms with Crippen molar-refractivity contribution >= 4 is 146 Å². The van der Waals surface area contributed by atoms with E-state index >= 15 is 0 Å². The number of nitrogens with zero attached hydrogens (tertiary/aromatic N) is 1. The van der Waals surface area contributed by atoms with Gasteiger partial charge in [0, 0.05) is 19.4 Å². The van der Waals surface area contributed by atoms with Crippen molar-refractivity contribution in [2.75, 3.05) is 42.6 Å². The first-order valence-corrected chi connectivity index (χ1v) is 36.2. The molecule has 22 N–H and O–H groups in total. The molecule has 0 spiro atoms. The topological polar surface area (TPSA) is 572 Å². The van der Waals surface area contributed by atoms with Crippen molar-refractivity contribution in [1.82, 2.24) is 64.2 Å². The van der Waals surface area contributed by atoms with Crippen molar-refractivity contribution < 1.29 is 92.3 Å². The number of aliphatic carboxylic acids is 3. The number of primary amides is 1. The zero-order chi connectivity index (χ0) is 73.4. The van der Waals surface area contributed by atoms with Gasteiger partial charge in [-0.15, -0.1) is 0 Å². The third-order valence-corrected chi connectivity index (χ3v) is 17.0. The Morgan fingerprint density at radius 2 is 0.906 bits per heavy atom. The number of carbonyl (C=O) groups is 15. The van der Waals surface area contributed by atoms with Gasteiger partial charge in [0.25, 0.3) is 0 Å². The Bertz CT molecular complexity index is 2630. The molecule has 1 radical (unpaired) electrons. The van der Waals surface area contributed by atoms with Crippen LogP contribution in [0.2, 0.25) is 5.32 Å². The summed E-state index contributed by atoms with van der Waals surface area (Å²) >= 11 is 6.62. The molecule has 0 aromatic carbocycles. The number of rotatable bonds is 54. The number of Topliss-reactive ketones (excluding diaryl/α,β-unsaturated/α-hetero) is 2. The molecule has 0 unspecified atom stereocenters. The Hall–Kier alpha value is -6.71. The molecule has 9 amide bonds. The third kappa shape index (κ3) is 36.0. The van der Waals surface area contributed by atoms with E-state index in [0.29, 0.717) is 17.9 Å². The van der Waals surface area contributed by atoms with Gasteiger partial charge < -0.3 is 69.0 Å². The number of hydrogen-bond donors (Lipinski definition) is 19. The molecule has 35 nitrogen and oxygen atoms in total. The monoisotopic (exact) mass is 1490 g/mol. The van der Waals surface area contributed by atoms with Crippen molar-refractivity contribution in [3.63, 3.8) is 0 Å². The van der Waals surface area contributed by atoms with Gasteiger partial charge in [0.1, 0.15) is 36.5 Å². The van der Waals surface area contributed by atoms with Crippen LogP contribution < -0.4 is 81.4 Å². The number of thioether (sulfide) groups is 3. The summed E-state index contributed by atoms with van der Waals surface area (Å²) in [7, 11) is 0. The van der Waals surface area contributed by atoms with Gasteiger partial charge in [-0.25, -0.2) is 0 Å². The summed E-state index contributed by atoms with van der Waals surface area (Å²) in [6, 6.07) is -17.0. The third-order valence-electron chi connectivity index (χ3n) is 14.4. The van der Waals surface area contributed by atoms with Gasteiger partial charge in [0.05, 0.1) is 6.10 Å². The summed E-state index contributed by atoms with van der Waals surface area (Å²) in [6.45, 7) is 9.40. The van der Waals surface area contributed by atoms with E-state index < -0.39 is 199 Å². The Kier molecular flexibility index (Phi) is 45.5. The number of nitrogens with one attached hydrogen (secondary N) is 12. The smallest absolute Gasteiger partial charge is 0.481 e. The predicted octanol–water partition coefficient (Wildman–Crippen LogP) is -5.05. The molecule has 0 aliphatic rings. The molecule has 96 heavy (non-hydrogen) atoms. The Morgan fingerprint density at radius 1 is 0.500 bits per heavy atom. The van der Waals surface area contributed by atoms with Crippen LogP contribution in [0.4, 0.5) is 0 Å². The number of amides is 9. The maximum atomic E-state index is 14.5. The van der Waals surface area contributed by atoms with Gasteiger partial charge in [-0.05, 0) is 57.0 Å². The Morgan fingerprint density at radius 3 is 1.33 bits per heavy atom. The maximum absolute atomic E-state index is 14.5. The molecule has 0 fully saturated rings. The van der Waals surface area contributed by atoms with Crippen molar-refractivity contribution in [1.29, 1.82) is 0 Å². The molecule has 0 aromatic heterocycles. The minimum absolute atomic E-state index is 0.00687. The molecule has 0 aromatic rings. The van der Waals surface area contributed by atoms with Crippen LogP contribution >= 0.6 is 35.3 Å². The van der Waals surface area contributed by atoms with Crippen LogP contribution in [0.3, 0.4) is 0 Å². The van der Waals surface area contributed by atoms with E-state index in [2.05, 4.69) is 85.2 Å². The van der Waals surface area contributed by atoms with E-state index in [0.717, 1.165) is 0 Å². The van der Waals surface area contributed by atoms with E-state index in [4.69, 9.17) is 17.2 Å². The summed E-state index contributed by atoms with van der Waals surface area (Å²) < 4.78 is 0. The number of nitrogens with two attached hydrogens (primary N) is 3. The molecule has 0 saturated carbocycles. The molecule has 0 saturated heterocycles. The van der Waals surface area contributed by atoms with Gasteiger partial charge in [-0.2, -0.15) is 11.8 Å². The van der Waals surface area contributed by atoms with E-state index in [-0.39, 0.29) is 74.3 Å². The summed E-state index contributed by atoms with van der Waals surface area (Å²) in [5, 5.41) is 58.8. The van der Waals surface area contributed by atoms with Crippen molar-refractivity contribution in [3.8, 4) is 0 Å². The van der Waals surface area contributed by atoms with Crippen LogP contribution in [-0.2, 0) is 71.9 Å². The van der Waals surface area contributed by atoms with Crippen molar-refractivity contribution in [2.45, 2.75) is 203 Å². The number of aldehydes is 1. The van der Waals surface area contributed by atoms with Crippen LogP contribution in [-0.4, -0.2) is 253 Å². The fraction of sp³-hybridized carbons (Fsp3) is 0.719. The zero-order valence-corrected chi connectivity index (χ0v) is 59.6. The number of aliphatic hydroxyl groups excluding tert-OH is 1. The quantitative estimate of drug-likeness (QED) is 0.00515. The second-order valence-electron chi connectivity index (χ2n) is 22.8. The molecule has 39 heteroatoms. The molecule has 0 bridgehead atoms. The number of ketones is 2. The zero-order valence-electron chi connectivity index (χ0n) is 55.5. The number of hydrogen-bond acceptors (Lipinski definition) is 24. The van der Waals surface area contributed by atoms with Crippen LogP contribution in [0.15, 0.2) is 4.99 Å². The molecule has 0 rings (SSSR count). The second-order valence-corrected chi connectivity index (χ2v) is 26.5. The van der Waals surface area contributed by atoms with Gasteiger partial charge in [0.2, 0.25) is 29.5 Å². The van der Waals surface area contributed by atoms with E-state index in [1.54, 1.807) is 46.5 Å². The van der Waals surface area contributed by atoms with Crippen LogP contribution in [0.25, 0.3) is 0 Å². The van der Waals surface area contributed by atoms with E-state index in [9.17, 15) is 92.3 Å². The number of aliphatic imine (C=N–C) groups is 1. The Balaban J connectivity index is 6.91. The predicted molar refractivity (Wildman–Crippen MR) is 360 cm³/mol. The summed E-state index contributed by atoms with van der Waals surface area (Å²) in [5.74, 6) is -14.9. The first kappa shape index (κ1) is 89.3. The molecule has 0 aliphatic heterocycles. The number of aliphatic hydroxyl groups is 1. The summed E-state index contributed by atoms with van der Waals surface area (Å²) in [4.78, 5) is 202. The van der Waals surface area contributed by atoms with Crippen LogP contribution in [0.5, 0.6) is 0 Å². The van der Waals surface area contributed by atoms with E-state index in [1.807, 2.05) is 0 Å². The van der Waals surface area contributed by atoms with Crippen LogP contribution in [0, 0.1) is 11.8 Å². The van der Waals surface area contributed by atoms with Crippen LogP contribution in [0.1, 0.15) is 119 Å². The number of carboxylic acid groups (broad SMARTS) is 3. The standard InChI is InChI=1S/C57H99N16O19S3Se/c1-10-29(4)45(69-53(88)37(19-23-95-9)71-73-41(27-96)47(82)46(81)32(17-21-93-7)62-48(83)30(5)70-72-39(56(91)92)25-42(58)76)55(90)67-38(24-28(2)3)54(89)65-35(14-16-44(79)80)51(86)66-36(18-22-94-8)52(87)64-34(13-15-43(77)78)50(85)63-33(12-11-20-61-57(59)60)49(84)68-40(26-74)31(6)75/h26,28-41,45,70-73,75H,10-25,27H2,1-9H3,(H2,58,76)(H,62,83)(H,63,85)(H,64,87)(H,65,89)(H,66,86)(H,67,90)(H,68,84)(H,69,88)(H,77,78)(H,79,80)(H,91,92)(H4,59,60,61)/t29-,30-,31+,32-,33-,34-,35-,36-,37-,38-,39-,40+,41-,45-/m0/s1. The van der Waals surface area contributed by atoms with E-state index in [1.165, 1.54) is 49.1 Å². The fourth-order valence-electron chi connectivity index (χ4n) is 8.62.